The van der Waals surface area contributed by atoms with Gasteiger partial charge in [0.15, 0.2) is 5.79 Å². The Hall–Kier alpha value is -0.940. The van der Waals surface area contributed by atoms with Crippen LogP contribution in [0.25, 0.3) is 0 Å². The monoisotopic (exact) mass is 130 g/mol. The fourth-order valence-corrected chi connectivity index (χ4v) is 0.335. The molecule has 0 radical (unpaired) electrons. The SMILES string of the molecule is C=NC(N)(N)CC(N)=O. The first-order valence-electron chi connectivity index (χ1n) is 2.32. The molecular weight excluding hydrogens is 120 g/mol. The van der Waals surface area contributed by atoms with Crippen LogP contribution in [0.3, 0.4) is 0 Å². The normalized spacial score (nSPS) is 10.9. The number of hydrogen-bond acceptors (Lipinski definition) is 4. The molecule has 5 nitrogen and oxygen atoms in total. The van der Waals surface area contributed by atoms with Crippen molar-refractivity contribution in [1.82, 2.24) is 0 Å². The smallest absolute Gasteiger partial charge is 0.222 e. The van der Waals surface area contributed by atoms with Crippen molar-refractivity contribution in [3.05, 3.63) is 0 Å². The summed E-state index contributed by atoms with van der Waals surface area (Å²) in [7, 11) is 0. The molecular formula is C4H10N4O. The number of aliphatic imine (C=N–C) groups is 1. The van der Waals surface area contributed by atoms with Gasteiger partial charge in [0, 0.05) is 0 Å². The lowest BCUT2D eigenvalue weighted by Crippen LogP contribution is -2.49. The average molecular weight is 130 g/mol. The summed E-state index contributed by atoms with van der Waals surface area (Å²) in [5.41, 5.74) is 15.1. The van der Waals surface area contributed by atoms with E-state index in [0.717, 1.165) is 0 Å². The quantitative estimate of drug-likeness (QED) is 0.308. The lowest BCUT2D eigenvalue weighted by molar-refractivity contribution is -0.119. The Labute approximate surface area is 52.9 Å². The van der Waals surface area contributed by atoms with Gasteiger partial charge in [-0.15, -0.1) is 0 Å². The summed E-state index contributed by atoms with van der Waals surface area (Å²) in [4.78, 5) is 13.4. The first-order valence-corrected chi connectivity index (χ1v) is 2.32. The van der Waals surface area contributed by atoms with Crippen molar-refractivity contribution >= 4 is 12.6 Å². The van der Waals surface area contributed by atoms with E-state index in [1.54, 1.807) is 0 Å². The fourth-order valence-electron chi connectivity index (χ4n) is 0.335. The Morgan fingerprint density at radius 3 is 2.22 bits per heavy atom. The predicted octanol–water partition coefficient (Wildman–Crippen LogP) is -1.87. The Bertz CT molecular complexity index is 131. The lowest BCUT2D eigenvalue weighted by atomic mass is 10.2. The van der Waals surface area contributed by atoms with Gasteiger partial charge >= 0.3 is 0 Å². The Kier molecular flexibility index (Phi) is 2.29. The van der Waals surface area contributed by atoms with Crippen LogP contribution < -0.4 is 17.2 Å². The maximum absolute atomic E-state index is 10.1. The number of rotatable bonds is 3. The van der Waals surface area contributed by atoms with E-state index in [2.05, 4.69) is 11.7 Å². The Morgan fingerprint density at radius 2 is 2.11 bits per heavy atom. The van der Waals surface area contributed by atoms with Gasteiger partial charge < -0.3 is 5.73 Å². The predicted molar refractivity (Wildman–Crippen MR) is 34.5 cm³/mol. The highest BCUT2D eigenvalue weighted by Gasteiger charge is 2.17. The number of nitrogens with zero attached hydrogens (tertiary/aromatic N) is 1. The van der Waals surface area contributed by atoms with Crippen LogP contribution in [-0.4, -0.2) is 18.4 Å². The summed E-state index contributed by atoms with van der Waals surface area (Å²) in [6, 6.07) is 0. The van der Waals surface area contributed by atoms with E-state index >= 15 is 0 Å². The second kappa shape index (κ2) is 2.56. The van der Waals surface area contributed by atoms with Gasteiger partial charge in [-0.25, -0.2) is 0 Å². The molecule has 0 aliphatic heterocycles. The van der Waals surface area contributed by atoms with Crippen molar-refractivity contribution in [2.75, 3.05) is 0 Å². The maximum atomic E-state index is 10.1. The molecule has 0 rings (SSSR count). The minimum atomic E-state index is -1.40. The maximum Gasteiger partial charge on any atom is 0.222 e. The van der Waals surface area contributed by atoms with E-state index in [-0.39, 0.29) is 6.42 Å². The van der Waals surface area contributed by atoms with E-state index in [0.29, 0.717) is 0 Å². The van der Waals surface area contributed by atoms with E-state index in [1.807, 2.05) is 0 Å². The van der Waals surface area contributed by atoms with Crippen molar-refractivity contribution in [3.8, 4) is 0 Å². The van der Waals surface area contributed by atoms with Crippen LogP contribution in [0.4, 0.5) is 0 Å². The summed E-state index contributed by atoms with van der Waals surface area (Å²) in [6.45, 7) is 3.08. The van der Waals surface area contributed by atoms with Crippen LogP contribution in [0.5, 0.6) is 0 Å². The zero-order valence-electron chi connectivity index (χ0n) is 5.00. The second-order valence-electron chi connectivity index (χ2n) is 1.79. The van der Waals surface area contributed by atoms with Gasteiger partial charge in [0.25, 0.3) is 0 Å². The van der Waals surface area contributed by atoms with Gasteiger partial charge in [-0.05, 0) is 6.72 Å². The summed E-state index contributed by atoms with van der Waals surface area (Å²) in [5, 5.41) is 0. The number of nitrogens with two attached hydrogens (primary N) is 3. The molecule has 0 aromatic heterocycles. The minimum absolute atomic E-state index is 0.184. The van der Waals surface area contributed by atoms with Crippen molar-refractivity contribution in [3.63, 3.8) is 0 Å². The molecule has 0 bridgehead atoms. The zero-order valence-corrected chi connectivity index (χ0v) is 5.00. The third kappa shape index (κ3) is 3.63. The number of primary amides is 1. The molecule has 0 aliphatic rings. The molecule has 5 heteroatoms. The minimum Gasteiger partial charge on any atom is -0.370 e. The van der Waals surface area contributed by atoms with Gasteiger partial charge in [0.2, 0.25) is 5.91 Å². The first kappa shape index (κ1) is 8.06. The molecule has 1 amide bonds. The standard InChI is InChI=1S/C4H10N4O/c1-8-4(6,7)2-3(5)9/h1-2,6-7H2,(H2,5,9). The molecule has 0 fully saturated rings. The van der Waals surface area contributed by atoms with Gasteiger partial charge in [-0.1, -0.05) is 0 Å². The average Bonchev–Trinajstić information content (AvgIpc) is 1.63. The fraction of sp³-hybridized carbons (Fsp3) is 0.500. The molecule has 0 spiro atoms. The highest BCUT2D eigenvalue weighted by molar-refractivity contribution is 5.75. The molecule has 0 unspecified atom stereocenters. The van der Waals surface area contributed by atoms with Gasteiger partial charge in [-0.2, -0.15) is 0 Å². The van der Waals surface area contributed by atoms with Crippen LogP contribution in [0.1, 0.15) is 6.42 Å². The molecule has 0 aliphatic carbocycles. The van der Waals surface area contributed by atoms with Gasteiger partial charge in [0.05, 0.1) is 6.42 Å². The van der Waals surface area contributed by atoms with Crippen LogP contribution in [-0.2, 0) is 4.79 Å². The molecule has 9 heavy (non-hydrogen) atoms. The first-order chi connectivity index (χ1) is 3.98. The number of hydrogen-bond donors (Lipinski definition) is 3. The molecule has 52 valence electrons. The molecule has 0 aromatic carbocycles. The van der Waals surface area contributed by atoms with Crippen molar-refractivity contribution in [2.45, 2.75) is 12.2 Å². The van der Waals surface area contributed by atoms with Crippen molar-refractivity contribution in [2.24, 2.45) is 22.2 Å². The van der Waals surface area contributed by atoms with Crippen molar-refractivity contribution in [1.29, 1.82) is 0 Å². The number of carbonyl (C=O) groups is 1. The van der Waals surface area contributed by atoms with Crippen LogP contribution >= 0.6 is 0 Å². The summed E-state index contributed by atoms with van der Waals surface area (Å²) in [5.74, 6) is -1.99. The van der Waals surface area contributed by atoms with Crippen molar-refractivity contribution < 1.29 is 4.79 Å². The lowest BCUT2D eigenvalue weighted by Gasteiger charge is -2.15. The molecule has 0 aromatic rings. The Balaban J connectivity index is 3.86. The van der Waals surface area contributed by atoms with Gasteiger partial charge in [-0.3, -0.25) is 21.3 Å². The van der Waals surface area contributed by atoms with Crippen LogP contribution in [0, 0.1) is 0 Å². The van der Waals surface area contributed by atoms with Gasteiger partial charge in [0.1, 0.15) is 0 Å². The van der Waals surface area contributed by atoms with Crippen LogP contribution in [0.15, 0.2) is 4.99 Å². The number of amides is 1. The second-order valence-corrected chi connectivity index (χ2v) is 1.79. The highest BCUT2D eigenvalue weighted by Crippen LogP contribution is 1.95. The highest BCUT2D eigenvalue weighted by atomic mass is 16.1. The number of carbonyl (C=O) groups excluding carboxylic acids is 1. The summed E-state index contributed by atoms with van der Waals surface area (Å²) in [6.07, 6.45) is -0.184. The zero-order chi connectivity index (χ0) is 7.49. The van der Waals surface area contributed by atoms with E-state index in [9.17, 15) is 4.79 Å². The molecule has 0 atom stereocenters. The van der Waals surface area contributed by atoms with E-state index in [1.165, 1.54) is 0 Å². The van der Waals surface area contributed by atoms with E-state index < -0.39 is 11.7 Å². The Morgan fingerprint density at radius 1 is 1.67 bits per heavy atom. The molecule has 6 N–H and O–H groups in total. The van der Waals surface area contributed by atoms with E-state index in [4.69, 9.17) is 17.2 Å². The topological polar surface area (TPSA) is 107 Å². The third-order valence-corrected chi connectivity index (χ3v) is 0.752. The molecule has 0 saturated carbocycles. The summed E-state index contributed by atoms with van der Waals surface area (Å²) >= 11 is 0. The van der Waals surface area contributed by atoms with Crippen LogP contribution in [0.2, 0.25) is 0 Å². The summed E-state index contributed by atoms with van der Waals surface area (Å²) < 4.78 is 0. The molecule has 0 heterocycles. The largest absolute Gasteiger partial charge is 0.370 e. The molecule has 0 saturated heterocycles. The third-order valence-electron chi connectivity index (χ3n) is 0.752.